The molecule has 0 bridgehead atoms. The Morgan fingerprint density at radius 3 is 2.05 bits per heavy atom. The van der Waals surface area contributed by atoms with Crippen molar-refractivity contribution in [2.75, 3.05) is 0 Å². The summed E-state index contributed by atoms with van der Waals surface area (Å²) in [4.78, 5) is 23.9. The molecule has 0 aliphatic rings. The third kappa shape index (κ3) is 4.97. The first-order valence-electron chi connectivity index (χ1n) is 6.23. The minimum Gasteiger partial charge on any atom is -0.478 e. The fourth-order valence-electron chi connectivity index (χ4n) is 1.58. The van der Waals surface area contributed by atoms with E-state index in [4.69, 9.17) is 10.2 Å². The average Bonchev–Trinajstić information content (AvgIpc) is 2.93. The van der Waals surface area contributed by atoms with Crippen molar-refractivity contribution in [3.05, 3.63) is 59.4 Å². The normalized spacial score (nSPS) is 9.45. The number of nitrogens with one attached hydrogen (secondary N) is 1. The van der Waals surface area contributed by atoms with Crippen molar-refractivity contribution >= 4 is 11.9 Å². The van der Waals surface area contributed by atoms with Gasteiger partial charge in [-0.25, -0.2) is 9.59 Å². The summed E-state index contributed by atoms with van der Waals surface area (Å²) in [5.41, 5.74) is 1.30. The van der Waals surface area contributed by atoms with E-state index in [0.717, 1.165) is 6.07 Å². The predicted octanol–water partition coefficient (Wildman–Crippen LogP) is 3.05. The molecule has 0 aliphatic heterocycles. The Morgan fingerprint density at radius 1 is 1.05 bits per heavy atom. The molecule has 5 nitrogen and oxygen atoms in total. The van der Waals surface area contributed by atoms with Crippen molar-refractivity contribution in [3.8, 4) is 0 Å². The maximum atomic E-state index is 10.4. The minimum absolute atomic E-state index is 0.0186. The van der Waals surface area contributed by atoms with E-state index in [1.54, 1.807) is 0 Å². The van der Waals surface area contributed by atoms with Crippen molar-refractivity contribution in [3.63, 3.8) is 0 Å². The molecule has 2 rings (SSSR count). The van der Waals surface area contributed by atoms with Gasteiger partial charge in [0.15, 0.2) is 0 Å². The van der Waals surface area contributed by atoms with E-state index >= 15 is 0 Å². The monoisotopic (exact) mass is 275 g/mol. The molecule has 0 amide bonds. The topological polar surface area (TPSA) is 90.4 Å². The van der Waals surface area contributed by atoms with Gasteiger partial charge in [0.2, 0.25) is 0 Å². The molecule has 1 heterocycles. The highest BCUT2D eigenvalue weighted by molar-refractivity contribution is 5.93. The Morgan fingerprint density at radius 2 is 1.65 bits per heavy atom. The summed E-state index contributed by atoms with van der Waals surface area (Å²) in [5, 5.41) is 17.0. The number of aromatic amines is 1. The van der Waals surface area contributed by atoms with Crippen molar-refractivity contribution in [1.82, 2.24) is 4.98 Å². The molecule has 0 saturated heterocycles. The lowest BCUT2D eigenvalue weighted by atomic mass is 10.1. The molecule has 5 heteroatoms. The Kier molecular flexibility index (Phi) is 6.03. The molecule has 0 spiro atoms. The summed E-state index contributed by atoms with van der Waals surface area (Å²) in [6.45, 7) is 2.18. The molecule has 2 aromatic rings. The molecular weight excluding hydrogens is 258 g/mol. The highest BCUT2D eigenvalue weighted by atomic mass is 16.4. The molecule has 0 radical (unpaired) electrons. The van der Waals surface area contributed by atoms with E-state index in [9.17, 15) is 9.59 Å². The van der Waals surface area contributed by atoms with Crippen LogP contribution in [-0.4, -0.2) is 27.1 Å². The number of aromatic nitrogens is 1. The van der Waals surface area contributed by atoms with Gasteiger partial charge in [0, 0.05) is 11.9 Å². The molecule has 1 aromatic carbocycles. The fourth-order valence-corrected chi connectivity index (χ4v) is 1.58. The summed E-state index contributed by atoms with van der Waals surface area (Å²) in [6, 6.07) is 9.34. The van der Waals surface area contributed by atoms with Gasteiger partial charge in [-0.2, -0.15) is 0 Å². The number of hydrogen-bond acceptors (Lipinski definition) is 2. The van der Waals surface area contributed by atoms with E-state index in [2.05, 4.69) is 18.0 Å². The summed E-state index contributed by atoms with van der Waals surface area (Å²) in [5.74, 6) is -2.25. The highest BCUT2D eigenvalue weighted by Crippen LogP contribution is 2.04. The highest BCUT2D eigenvalue weighted by Gasteiger charge is 2.06. The number of carboxylic acid groups (broad SMARTS) is 2. The number of benzene rings is 1. The van der Waals surface area contributed by atoms with Gasteiger partial charge in [0.05, 0.1) is 11.1 Å². The van der Waals surface area contributed by atoms with Crippen LogP contribution < -0.4 is 0 Å². The molecule has 20 heavy (non-hydrogen) atoms. The zero-order chi connectivity index (χ0) is 15.0. The van der Waals surface area contributed by atoms with Crippen molar-refractivity contribution in [2.24, 2.45) is 0 Å². The fraction of sp³-hybridized carbons (Fsp3) is 0.200. The van der Waals surface area contributed by atoms with Gasteiger partial charge >= 0.3 is 11.9 Å². The summed E-state index contributed by atoms with van der Waals surface area (Å²) in [7, 11) is 0. The molecule has 0 unspecified atom stereocenters. The molecule has 0 atom stereocenters. The van der Waals surface area contributed by atoms with Crippen LogP contribution >= 0.6 is 0 Å². The SMILES string of the molecule is CCCc1ccc[nH]1.O=C(O)c1cccc(C(=O)O)c1. The number of aryl methyl sites for hydroxylation is 1. The number of rotatable bonds is 4. The van der Waals surface area contributed by atoms with Crippen LogP contribution in [0.3, 0.4) is 0 Å². The second-order valence-corrected chi connectivity index (χ2v) is 4.14. The standard InChI is InChI=1S/C8H6O4.C7H11N/c9-7(10)5-2-1-3-6(4-5)8(11)12;1-2-4-7-5-3-6-8-7/h1-4H,(H,9,10)(H,11,12);3,5-6,8H,2,4H2,1H3. The summed E-state index contributed by atoms with van der Waals surface area (Å²) >= 11 is 0. The number of aromatic carboxylic acids is 2. The lowest BCUT2D eigenvalue weighted by molar-refractivity contribution is 0.0696. The largest absolute Gasteiger partial charge is 0.478 e. The van der Waals surface area contributed by atoms with Gasteiger partial charge < -0.3 is 15.2 Å². The number of hydrogen-bond donors (Lipinski definition) is 3. The molecule has 3 N–H and O–H groups in total. The van der Waals surface area contributed by atoms with Gasteiger partial charge in [-0.3, -0.25) is 0 Å². The van der Waals surface area contributed by atoms with E-state index < -0.39 is 11.9 Å². The molecule has 106 valence electrons. The lowest BCUT2D eigenvalue weighted by Crippen LogP contribution is -2.01. The maximum Gasteiger partial charge on any atom is 0.335 e. The van der Waals surface area contributed by atoms with E-state index in [0.29, 0.717) is 0 Å². The van der Waals surface area contributed by atoms with Crippen LogP contribution in [0.5, 0.6) is 0 Å². The zero-order valence-electron chi connectivity index (χ0n) is 11.2. The van der Waals surface area contributed by atoms with Gasteiger partial charge in [-0.1, -0.05) is 19.4 Å². The molecule has 0 aliphatic carbocycles. The van der Waals surface area contributed by atoms with Crippen molar-refractivity contribution in [2.45, 2.75) is 19.8 Å². The molecular formula is C15H17NO4. The smallest absolute Gasteiger partial charge is 0.335 e. The van der Waals surface area contributed by atoms with E-state index in [1.807, 2.05) is 12.3 Å². The first kappa shape index (κ1) is 15.5. The summed E-state index contributed by atoms with van der Waals surface area (Å²) < 4.78 is 0. The number of carboxylic acids is 2. The Labute approximate surface area is 116 Å². The first-order chi connectivity index (χ1) is 9.54. The van der Waals surface area contributed by atoms with Gasteiger partial charge in [-0.05, 0) is 36.8 Å². The Balaban J connectivity index is 0.000000217. The van der Waals surface area contributed by atoms with Crippen LogP contribution in [0, 0.1) is 0 Å². The van der Waals surface area contributed by atoms with Crippen LogP contribution in [0.25, 0.3) is 0 Å². The lowest BCUT2D eigenvalue weighted by Gasteiger charge is -1.95. The third-order valence-corrected chi connectivity index (χ3v) is 2.54. The van der Waals surface area contributed by atoms with E-state index in [-0.39, 0.29) is 11.1 Å². The van der Waals surface area contributed by atoms with Crippen LogP contribution in [-0.2, 0) is 6.42 Å². The second-order valence-electron chi connectivity index (χ2n) is 4.14. The van der Waals surface area contributed by atoms with Crippen LogP contribution in [0.1, 0.15) is 39.8 Å². The van der Waals surface area contributed by atoms with Gasteiger partial charge in [0.1, 0.15) is 0 Å². The Bertz CT molecular complexity index is 532. The van der Waals surface area contributed by atoms with Crippen molar-refractivity contribution in [1.29, 1.82) is 0 Å². The van der Waals surface area contributed by atoms with Crippen LogP contribution in [0.4, 0.5) is 0 Å². The van der Waals surface area contributed by atoms with Gasteiger partial charge in [0.25, 0.3) is 0 Å². The predicted molar refractivity (Wildman–Crippen MR) is 75.1 cm³/mol. The minimum atomic E-state index is -1.13. The Hall–Kier alpha value is -2.56. The zero-order valence-corrected chi connectivity index (χ0v) is 11.2. The second kappa shape index (κ2) is 7.78. The van der Waals surface area contributed by atoms with Gasteiger partial charge in [-0.15, -0.1) is 0 Å². The number of H-pyrrole nitrogens is 1. The molecule has 0 fully saturated rings. The summed E-state index contributed by atoms with van der Waals surface area (Å²) in [6.07, 6.45) is 4.36. The number of carbonyl (C=O) groups is 2. The molecule has 0 saturated carbocycles. The van der Waals surface area contributed by atoms with Crippen LogP contribution in [0.2, 0.25) is 0 Å². The van der Waals surface area contributed by atoms with E-state index in [1.165, 1.54) is 36.7 Å². The quantitative estimate of drug-likeness (QED) is 0.799. The van der Waals surface area contributed by atoms with Crippen LogP contribution in [0.15, 0.2) is 42.6 Å². The first-order valence-corrected chi connectivity index (χ1v) is 6.23. The maximum absolute atomic E-state index is 10.4. The third-order valence-electron chi connectivity index (χ3n) is 2.54. The average molecular weight is 275 g/mol. The van der Waals surface area contributed by atoms with Crippen molar-refractivity contribution < 1.29 is 19.8 Å². The molecule has 1 aromatic heterocycles.